The van der Waals surface area contributed by atoms with Crippen LogP contribution in [0.5, 0.6) is 0 Å². The zero-order chi connectivity index (χ0) is 13.5. The Labute approximate surface area is 115 Å². The van der Waals surface area contributed by atoms with Crippen LogP contribution in [0.25, 0.3) is 0 Å². The summed E-state index contributed by atoms with van der Waals surface area (Å²) in [7, 11) is 0. The maximum atomic E-state index is 6.20. The van der Waals surface area contributed by atoms with Gasteiger partial charge in [0.25, 0.3) is 0 Å². The zero-order valence-corrected chi connectivity index (χ0v) is 11.9. The molecule has 1 spiro atoms. The highest BCUT2D eigenvalue weighted by Crippen LogP contribution is 2.46. The van der Waals surface area contributed by atoms with Crippen LogP contribution in [0.1, 0.15) is 38.2 Å². The number of nitrogens with two attached hydrogens (primary N) is 1. The molecule has 19 heavy (non-hydrogen) atoms. The van der Waals surface area contributed by atoms with Gasteiger partial charge in [0.2, 0.25) is 0 Å². The molecular formula is C16H23N3. The Morgan fingerprint density at radius 2 is 2.11 bits per heavy atom. The SMILES string of the molecule is CCC1CCCC12CN=C(N)N2c1ccc(C)cc1. The van der Waals surface area contributed by atoms with Crippen LogP contribution in [0.4, 0.5) is 5.69 Å². The smallest absolute Gasteiger partial charge is 0.196 e. The van der Waals surface area contributed by atoms with Crippen LogP contribution >= 0.6 is 0 Å². The summed E-state index contributed by atoms with van der Waals surface area (Å²) in [4.78, 5) is 6.88. The van der Waals surface area contributed by atoms with Crippen LogP contribution in [0.3, 0.4) is 0 Å². The number of nitrogens with zero attached hydrogens (tertiary/aromatic N) is 2. The van der Waals surface area contributed by atoms with Crippen molar-refractivity contribution in [2.45, 2.75) is 45.1 Å². The summed E-state index contributed by atoms with van der Waals surface area (Å²) >= 11 is 0. The fourth-order valence-electron chi connectivity index (χ4n) is 3.88. The van der Waals surface area contributed by atoms with E-state index in [2.05, 4.69) is 48.0 Å². The minimum absolute atomic E-state index is 0.147. The molecule has 2 unspecified atom stereocenters. The van der Waals surface area contributed by atoms with Crippen LogP contribution in [0.2, 0.25) is 0 Å². The lowest BCUT2D eigenvalue weighted by Gasteiger charge is -2.40. The Kier molecular flexibility index (Phi) is 3.00. The van der Waals surface area contributed by atoms with Gasteiger partial charge in [-0.25, -0.2) is 0 Å². The molecule has 3 heteroatoms. The maximum absolute atomic E-state index is 6.20. The van der Waals surface area contributed by atoms with E-state index in [1.807, 2.05) is 0 Å². The zero-order valence-electron chi connectivity index (χ0n) is 11.9. The first-order valence-electron chi connectivity index (χ1n) is 7.34. The van der Waals surface area contributed by atoms with Gasteiger partial charge < -0.3 is 10.6 Å². The number of guanidine groups is 1. The van der Waals surface area contributed by atoms with Gasteiger partial charge in [0.05, 0.1) is 12.1 Å². The highest BCUT2D eigenvalue weighted by atomic mass is 15.4. The van der Waals surface area contributed by atoms with Crippen molar-refractivity contribution in [3.63, 3.8) is 0 Å². The quantitative estimate of drug-likeness (QED) is 0.884. The first-order chi connectivity index (χ1) is 9.17. The van der Waals surface area contributed by atoms with E-state index in [9.17, 15) is 0 Å². The molecule has 1 fully saturated rings. The molecule has 102 valence electrons. The van der Waals surface area contributed by atoms with Gasteiger partial charge in [-0.2, -0.15) is 0 Å². The highest BCUT2D eigenvalue weighted by Gasteiger charge is 2.50. The van der Waals surface area contributed by atoms with Gasteiger partial charge in [-0.15, -0.1) is 0 Å². The number of hydrogen-bond acceptors (Lipinski definition) is 3. The van der Waals surface area contributed by atoms with E-state index in [1.54, 1.807) is 0 Å². The van der Waals surface area contributed by atoms with Gasteiger partial charge in [-0.1, -0.05) is 37.5 Å². The van der Waals surface area contributed by atoms with Crippen LogP contribution < -0.4 is 10.6 Å². The molecule has 3 rings (SSSR count). The number of rotatable bonds is 2. The molecule has 2 atom stereocenters. The molecule has 1 aromatic carbocycles. The van der Waals surface area contributed by atoms with Crippen molar-refractivity contribution < 1.29 is 0 Å². The van der Waals surface area contributed by atoms with Crippen molar-refractivity contribution in [2.24, 2.45) is 16.6 Å². The van der Waals surface area contributed by atoms with Crippen LogP contribution in [0.15, 0.2) is 29.3 Å². The molecule has 0 aromatic heterocycles. The number of benzene rings is 1. The first-order valence-corrected chi connectivity index (χ1v) is 7.34. The topological polar surface area (TPSA) is 41.6 Å². The molecule has 1 heterocycles. The number of aryl methyl sites for hydroxylation is 1. The summed E-state index contributed by atoms with van der Waals surface area (Å²) in [6.45, 7) is 5.27. The Hall–Kier alpha value is -1.51. The first kappa shape index (κ1) is 12.5. The molecule has 1 saturated carbocycles. The third-order valence-electron chi connectivity index (χ3n) is 4.90. The van der Waals surface area contributed by atoms with Gasteiger partial charge in [-0.05, 0) is 37.8 Å². The summed E-state index contributed by atoms with van der Waals surface area (Å²) in [6.07, 6.45) is 5.03. The molecule has 1 aliphatic carbocycles. The Morgan fingerprint density at radius 3 is 2.79 bits per heavy atom. The van der Waals surface area contributed by atoms with E-state index in [0.717, 1.165) is 6.54 Å². The lowest BCUT2D eigenvalue weighted by molar-refractivity contribution is 0.331. The molecule has 0 saturated heterocycles. The van der Waals surface area contributed by atoms with Crippen molar-refractivity contribution in [1.82, 2.24) is 0 Å². The number of hydrogen-bond donors (Lipinski definition) is 1. The number of anilines is 1. The normalized spacial score (nSPS) is 30.1. The van der Waals surface area contributed by atoms with E-state index < -0.39 is 0 Å². The van der Waals surface area contributed by atoms with Crippen LogP contribution in [-0.2, 0) is 0 Å². The minimum atomic E-state index is 0.147. The van der Waals surface area contributed by atoms with Crippen LogP contribution in [0, 0.1) is 12.8 Å². The molecule has 0 amide bonds. The van der Waals surface area contributed by atoms with Crippen molar-refractivity contribution in [1.29, 1.82) is 0 Å². The minimum Gasteiger partial charge on any atom is -0.369 e. The van der Waals surface area contributed by atoms with E-state index in [4.69, 9.17) is 5.73 Å². The molecule has 3 nitrogen and oxygen atoms in total. The summed E-state index contributed by atoms with van der Waals surface area (Å²) in [5.41, 5.74) is 8.83. The Balaban J connectivity index is 2.01. The van der Waals surface area contributed by atoms with Crippen molar-refractivity contribution in [3.8, 4) is 0 Å². The van der Waals surface area contributed by atoms with Gasteiger partial charge in [0, 0.05) is 5.69 Å². The lowest BCUT2D eigenvalue weighted by atomic mass is 9.84. The monoisotopic (exact) mass is 257 g/mol. The molecule has 2 aliphatic rings. The van der Waals surface area contributed by atoms with E-state index >= 15 is 0 Å². The molecule has 0 radical (unpaired) electrons. The second-order valence-electron chi connectivity index (χ2n) is 5.95. The largest absolute Gasteiger partial charge is 0.369 e. The average Bonchev–Trinajstić information content (AvgIpc) is 2.96. The average molecular weight is 257 g/mol. The van der Waals surface area contributed by atoms with Crippen molar-refractivity contribution >= 4 is 11.6 Å². The van der Waals surface area contributed by atoms with E-state index in [1.165, 1.54) is 36.9 Å². The number of aliphatic imine (C=N–C) groups is 1. The Bertz CT molecular complexity index is 491. The molecule has 0 bridgehead atoms. The second-order valence-corrected chi connectivity index (χ2v) is 5.95. The Morgan fingerprint density at radius 1 is 1.37 bits per heavy atom. The van der Waals surface area contributed by atoms with Gasteiger partial charge in [-0.3, -0.25) is 4.99 Å². The standard InChI is InChI=1S/C16H23N3/c1-3-13-5-4-10-16(13)11-18-15(17)19(16)14-8-6-12(2)7-9-14/h6-9,13H,3-5,10-11H2,1-2H3,(H2,17,18). The third kappa shape index (κ3) is 1.83. The molecule has 1 aromatic rings. The third-order valence-corrected chi connectivity index (χ3v) is 4.90. The molecular weight excluding hydrogens is 234 g/mol. The molecule has 1 aliphatic heterocycles. The second kappa shape index (κ2) is 4.55. The van der Waals surface area contributed by atoms with Crippen molar-refractivity contribution in [3.05, 3.63) is 29.8 Å². The lowest BCUT2D eigenvalue weighted by Crippen LogP contribution is -2.54. The van der Waals surface area contributed by atoms with Crippen molar-refractivity contribution in [2.75, 3.05) is 11.4 Å². The summed E-state index contributed by atoms with van der Waals surface area (Å²) < 4.78 is 0. The van der Waals surface area contributed by atoms with Gasteiger partial charge in [0.1, 0.15) is 0 Å². The van der Waals surface area contributed by atoms with Gasteiger partial charge >= 0.3 is 0 Å². The fourth-order valence-corrected chi connectivity index (χ4v) is 3.88. The predicted molar refractivity (Wildman–Crippen MR) is 80.5 cm³/mol. The highest BCUT2D eigenvalue weighted by molar-refractivity contribution is 5.98. The van der Waals surface area contributed by atoms with Gasteiger partial charge in [0.15, 0.2) is 5.96 Å². The molecule has 2 N–H and O–H groups in total. The van der Waals surface area contributed by atoms with Crippen LogP contribution in [-0.4, -0.2) is 18.0 Å². The van der Waals surface area contributed by atoms with E-state index in [-0.39, 0.29) is 5.54 Å². The maximum Gasteiger partial charge on any atom is 0.196 e. The predicted octanol–water partition coefficient (Wildman–Crippen LogP) is 3.08. The summed E-state index contributed by atoms with van der Waals surface area (Å²) in [6, 6.07) is 8.67. The van der Waals surface area contributed by atoms with E-state index in [0.29, 0.717) is 11.9 Å². The summed E-state index contributed by atoms with van der Waals surface area (Å²) in [5, 5.41) is 0. The summed E-state index contributed by atoms with van der Waals surface area (Å²) in [5.74, 6) is 1.41. The fraction of sp³-hybridized carbons (Fsp3) is 0.562.